The third-order valence-electron chi connectivity index (χ3n) is 6.21. The Labute approximate surface area is 221 Å². The summed E-state index contributed by atoms with van der Waals surface area (Å²) in [6, 6.07) is 20.4. The van der Waals surface area contributed by atoms with Crippen molar-refractivity contribution in [2.75, 3.05) is 4.31 Å². The van der Waals surface area contributed by atoms with Gasteiger partial charge in [-0.3, -0.25) is 9.35 Å². The zero-order valence-electron chi connectivity index (χ0n) is 20.7. The Bertz CT molecular complexity index is 1610. The standard InChI is InChI=1S/C28H26N4O3S2/c1-4-24-30-25-18(2)16-19(3)29-26(25)31(24)17-20-10-12-21(13-11-20)23-14-15-36-28(23)32(37(34)35)27(33)22-8-6-5-7-9-22/h5-16H,4,17H2,1-3H3,(H,34,35). The molecule has 5 aromatic rings. The van der Waals surface area contributed by atoms with Crippen LogP contribution in [0.3, 0.4) is 0 Å². The SMILES string of the molecule is CCc1nc2c(C)cc(C)nc2n1Cc1ccc(-c2ccsc2N(C(=O)c2ccccc2)S(=O)O)cc1. The molecule has 1 unspecified atom stereocenters. The number of anilines is 1. The Hall–Kier alpha value is -3.66. The number of hydrogen-bond acceptors (Lipinski definition) is 5. The van der Waals surface area contributed by atoms with Crippen molar-refractivity contribution in [2.45, 2.75) is 33.7 Å². The topological polar surface area (TPSA) is 88.3 Å². The highest BCUT2D eigenvalue weighted by Crippen LogP contribution is 2.37. The second-order valence-corrected chi connectivity index (χ2v) is 10.5. The van der Waals surface area contributed by atoms with Crippen molar-refractivity contribution in [3.8, 4) is 11.1 Å². The molecular formula is C28H26N4O3S2. The number of imidazole rings is 1. The van der Waals surface area contributed by atoms with E-state index in [0.717, 1.165) is 55.7 Å². The molecule has 0 spiro atoms. The summed E-state index contributed by atoms with van der Waals surface area (Å²) < 4.78 is 25.4. The van der Waals surface area contributed by atoms with Crippen LogP contribution in [0, 0.1) is 13.8 Å². The van der Waals surface area contributed by atoms with Gasteiger partial charge in [0.2, 0.25) is 0 Å². The minimum atomic E-state index is -2.52. The summed E-state index contributed by atoms with van der Waals surface area (Å²) in [6.07, 6.45) is 0.800. The molecule has 1 N–H and O–H groups in total. The van der Waals surface area contributed by atoms with Crippen LogP contribution in [-0.4, -0.2) is 29.2 Å². The first kappa shape index (κ1) is 25.0. The van der Waals surface area contributed by atoms with E-state index in [2.05, 4.69) is 24.5 Å². The number of fused-ring (bicyclic) bond motifs is 1. The normalized spacial score (nSPS) is 12.1. The third kappa shape index (κ3) is 4.85. The summed E-state index contributed by atoms with van der Waals surface area (Å²) >= 11 is -1.27. The van der Waals surface area contributed by atoms with Crippen molar-refractivity contribution >= 4 is 44.7 Å². The Balaban J connectivity index is 1.47. The average molecular weight is 531 g/mol. The first-order chi connectivity index (χ1) is 17.9. The van der Waals surface area contributed by atoms with Crippen LogP contribution in [-0.2, 0) is 24.2 Å². The lowest BCUT2D eigenvalue weighted by molar-refractivity contribution is 0.101. The molecule has 0 aliphatic carbocycles. The molecule has 1 amide bonds. The highest BCUT2D eigenvalue weighted by molar-refractivity contribution is 7.82. The fourth-order valence-corrected chi connectivity index (χ4v) is 6.10. The number of rotatable bonds is 7. The number of nitrogens with zero attached hydrogens (tertiary/aromatic N) is 4. The molecule has 0 aliphatic rings. The number of carbonyl (C=O) groups is 1. The van der Waals surface area contributed by atoms with Gasteiger partial charge in [0.05, 0.1) is 6.54 Å². The van der Waals surface area contributed by atoms with Gasteiger partial charge in [0.15, 0.2) is 5.65 Å². The molecule has 1 atom stereocenters. The van der Waals surface area contributed by atoms with E-state index in [1.165, 1.54) is 11.3 Å². The first-order valence-corrected chi connectivity index (χ1v) is 13.8. The quantitative estimate of drug-likeness (QED) is 0.254. The van der Waals surface area contributed by atoms with E-state index in [1.54, 1.807) is 30.3 Å². The predicted molar refractivity (Wildman–Crippen MR) is 149 cm³/mol. The number of aryl methyl sites for hydroxylation is 3. The smallest absolute Gasteiger partial charge is 0.272 e. The Kier molecular flexibility index (Phi) is 7.01. The van der Waals surface area contributed by atoms with Crippen molar-refractivity contribution in [1.82, 2.24) is 14.5 Å². The van der Waals surface area contributed by atoms with Crippen molar-refractivity contribution < 1.29 is 13.6 Å². The van der Waals surface area contributed by atoms with Crippen molar-refractivity contribution in [3.63, 3.8) is 0 Å². The van der Waals surface area contributed by atoms with E-state index in [9.17, 15) is 13.6 Å². The number of aromatic nitrogens is 3. The van der Waals surface area contributed by atoms with Gasteiger partial charge in [-0.15, -0.1) is 11.3 Å². The monoisotopic (exact) mass is 530 g/mol. The molecule has 0 fully saturated rings. The van der Waals surface area contributed by atoms with Gasteiger partial charge in [0.1, 0.15) is 16.3 Å². The number of pyridine rings is 1. The number of amides is 1. The van der Waals surface area contributed by atoms with Crippen LogP contribution in [0.25, 0.3) is 22.3 Å². The Morgan fingerprint density at radius 3 is 2.46 bits per heavy atom. The zero-order chi connectivity index (χ0) is 26.1. The van der Waals surface area contributed by atoms with E-state index in [0.29, 0.717) is 17.1 Å². The molecule has 0 saturated carbocycles. The second-order valence-electron chi connectivity index (χ2n) is 8.75. The molecule has 2 aromatic carbocycles. The van der Waals surface area contributed by atoms with Gasteiger partial charge in [-0.2, -0.15) is 4.31 Å². The van der Waals surface area contributed by atoms with Gasteiger partial charge in [0.25, 0.3) is 17.2 Å². The fourth-order valence-electron chi connectivity index (χ4n) is 4.47. The minimum absolute atomic E-state index is 0.345. The molecular weight excluding hydrogens is 504 g/mol. The number of benzene rings is 2. The predicted octanol–water partition coefficient (Wildman–Crippen LogP) is 6.17. The molecule has 3 aromatic heterocycles. The van der Waals surface area contributed by atoms with E-state index >= 15 is 0 Å². The highest BCUT2D eigenvalue weighted by Gasteiger charge is 2.27. The summed E-state index contributed by atoms with van der Waals surface area (Å²) in [5, 5.41) is 2.24. The zero-order valence-corrected chi connectivity index (χ0v) is 22.3. The van der Waals surface area contributed by atoms with Crippen LogP contribution < -0.4 is 4.31 Å². The molecule has 0 saturated heterocycles. The molecule has 0 aliphatic heterocycles. The minimum Gasteiger partial charge on any atom is -0.308 e. The Morgan fingerprint density at radius 1 is 1.05 bits per heavy atom. The maximum Gasteiger partial charge on any atom is 0.272 e. The molecule has 0 radical (unpaired) electrons. The molecule has 9 heteroatoms. The van der Waals surface area contributed by atoms with Crippen LogP contribution in [0.1, 0.15) is 39.9 Å². The third-order valence-corrected chi connectivity index (χ3v) is 7.89. The van der Waals surface area contributed by atoms with Crippen LogP contribution in [0.5, 0.6) is 0 Å². The molecule has 0 bridgehead atoms. The molecule has 188 valence electrons. The van der Waals surface area contributed by atoms with Gasteiger partial charge in [-0.05, 0) is 60.2 Å². The second kappa shape index (κ2) is 10.4. The Morgan fingerprint density at radius 2 is 1.78 bits per heavy atom. The van der Waals surface area contributed by atoms with E-state index in [-0.39, 0.29) is 0 Å². The van der Waals surface area contributed by atoms with Crippen LogP contribution in [0.4, 0.5) is 5.00 Å². The van der Waals surface area contributed by atoms with Crippen molar-refractivity contribution in [1.29, 1.82) is 0 Å². The van der Waals surface area contributed by atoms with Crippen molar-refractivity contribution in [2.24, 2.45) is 0 Å². The molecule has 37 heavy (non-hydrogen) atoms. The maximum atomic E-state index is 13.1. The molecule has 5 rings (SSSR count). The number of carbonyl (C=O) groups excluding carboxylic acids is 1. The van der Waals surface area contributed by atoms with Gasteiger partial charge in [-0.25, -0.2) is 14.2 Å². The van der Waals surface area contributed by atoms with E-state index < -0.39 is 17.2 Å². The fraction of sp³-hybridized carbons (Fsp3) is 0.179. The molecule has 7 nitrogen and oxygen atoms in total. The number of hydrogen-bond donors (Lipinski definition) is 1. The number of thiophene rings is 1. The lowest BCUT2D eigenvalue weighted by atomic mass is 10.1. The van der Waals surface area contributed by atoms with Crippen molar-refractivity contribution in [3.05, 3.63) is 100 Å². The average Bonchev–Trinajstić information content (AvgIpc) is 3.50. The van der Waals surface area contributed by atoms with Gasteiger partial charge in [0, 0.05) is 23.2 Å². The summed E-state index contributed by atoms with van der Waals surface area (Å²) in [5.74, 6) is 0.458. The summed E-state index contributed by atoms with van der Waals surface area (Å²) in [7, 11) is 0. The van der Waals surface area contributed by atoms with Gasteiger partial charge < -0.3 is 4.57 Å². The van der Waals surface area contributed by atoms with Gasteiger partial charge >= 0.3 is 0 Å². The van der Waals surface area contributed by atoms with E-state index in [1.807, 2.05) is 42.6 Å². The lowest BCUT2D eigenvalue weighted by Gasteiger charge is -2.18. The van der Waals surface area contributed by atoms with E-state index in [4.69, 9.17) is 9.97 Å². The summed E-state index contributed by atoms with van der Waals surface area (Å²) in [4.78, 5) is 22.7. The highest BCUT2D eigenvalue weighted by atomic mass is 32.2. The summed E-state index contributed by atoms with van der Waals surface area (Å²) in [5.41, 5.74) is 6.90. The van der Waals surface area contributed by atoms with Gasteiger partial charge in [-0.1, -0.05) is 49.4 Å². The largest absolute Gasteiger partial charge is 0.308 e. The van der Waals surface area contributed by atoms with Crippen LogP contribution >= 0.6 is 11.3 Å². The maximum absolute atomic E-state index is 13.1. The summed E-state index contributed by atoms with van der Waals surface area (Å²) in [6.45, 7) is 6.78. The molecule has 3 heterocycles. The van der Waals surface area contributed by atoms with Crippen LogP contribution in [0.2, 0.25) is 0 Å². The first-order valence-electron chi connectivity index (χ1n) is 11.9. The lowest BCUT2D eigenvalue weighted by Crippen LogP contribution is -2.32. The van der Waals surface area contributed by atoms with Crippen LogP contribution in [0.15, 0.2) is 72.1 Å².